The summed E-state index contributed by atoms with van der Waals surface area (Å²) in [5.74, 6) is 0.489. The van der Waals surface area contributed by atoms with E-state index in [1.807, 2.05) is 6.08 Å². The quantitative estimate of drug-likeness (QED) is 0.442. The van der Waals surface area contributed by atoms with Gasteiger partial charge in [0, 0.05) is 24.7 Å². The van der Waals surface area contributed by atoms with Crippen LogP contribution in [0.1, 0.15) is 27.2 Å². The van der Waals surface area contributed by atoms with Crippen molar-refractivity contribution in [2.24, 2.45) is 5.92 Å². The second-order valence-corrected chi connectivity index (χ2v) is 5.28. The molecule has 104 valence electrons. The Labute approximate surface area is 110 Å². The van der Waals surface area contributed by atoms with Crippen molar-refractivity contribution in [2.75, 3.05) is 33.3 Å². The summed E-state index contributed by atoms with van der Waals surface area (Å²) in [5, 5.41) is 3.39. The van der Waals surface area contributed by atoms with Crippen molar-refractivity contribution in [1.29, 1.82) is 0 Å². The third kappa shape index (κ3) is 4.78. The summed E-state index contributed by atoms with van der Waals surface area (Å²) in [6.45, 7) is 10.4. The number of nitrogens with one attached hydrogen (secondary N) is 1. The Morgan fingerprint density at radius 1 is 1.56 bits per heavy atom. The lowest BCUT2D eigenvalue weighted by molar-refractivity contribution is -0.136. The Kier molecular flexibility index (Phi) is 6.36. The highest BCUT2D eigenvalue weighted by molar-refractivity contribution is 5.87. The molecule has 1 heterocycles. The molecular weight excluding hydrogens is 228 g/mol. The number of hydrogen-bond acceptors (Lipinski definition) is 4. The van der Waals surface area contributed by atoms with E-state index in [1.54, 1.807) is 6.92 Å². The maximum atomic E-state index is 11.2. The number of rotatable bonds is 6. The largest absolute Gasteiger partial charge is 0.466 e. The number of nitrogens with zero attached hydrogens (tertiary/aromatic N) is 1. The topological polar surface area (TPSA) is 41.6 Å². The van der Waals surface area contributed by atoms with E-state index in [9.17, 15) is 4.79 Å². The zero-order valence-corrected chi connectivity index (χ0v) is 12.0. The van der Waals surface area contributed by atoms with Gasteiger partial charge in [0.2, 0.25) is 0 Å². The second-order valence-electron chi connectivity index (χ2n) is 5.28. The molecule has 1 aliphatic rings. The van der Waals surface area contributed by atoms with Crippen LogP contribution in [0, 0.1) is 5.92 Å². The first-order chi connectivity index (χ1) is 8.54. The van der Waals surface area contributed by atoms with Crippen LogP contribution in [0.25, 0.3) is 0 Å². The van der Waals surface area contributed by atoms with Crippen LogP contribution < -0.4 is 5.32 Å². The fourth-order valence-corrected chi connectivity index (χ4v) is 2.26. The van der Waals surface area contributed by atoms with Crippen LogP contribution in [0.5, 0.6) is 0 Å². The Hall–Kier alpha value is -0.870. The molecule has 1 fully saturated rings. The average molecular weight is 254 g/mol. The van der Waals surface area contributed by atoms with Gasteiger partial charge in [0.25, 0.3) is 0 Å². The lowest BCUT2D eigenvalue weighted by atomic mass is 10.1. The summed E-state index contributed by atoms with van der Waals surface area (Å²) in [5.41, 5.74) is 0.667. The van der Waals surface area contributed by atoms with Crippen LogP contribution in [-0.4, -0.2) is 50.2 Å². The van der Waals surface area contributed by atoms with Gasteiger partial charge in [-0.15, -0.1) is 0 Å². The second kappa shape index (κ2) is 7.54. The van der Waals surface area contributed by atoms with E-state index in [1.165, 1.54) is 26.6 Å². The number of methoxy groups -OCH3 is 1. The Bertz CT molecular complexity index is 300. The monoisotopic (exact) mass is 254 g/mol. The molecule has 1 rings (SSSR count). The number of esters is 1. The molecule has 18 heavy (non-hydrogen) atoms. The van der Waals surface area contributed by atoms with Gasteiger partial charge in [-0.05, 0) is 46.2 Å². The van der Waals surface area contributed by atoms with Crippen molar-refractivity contribution < 1.29 is 9.53 Å². The van der Waals surface area contributed by atoms with Crippen LogP contribution >= 0.6 is 0 Å². The first kappa shape index (κ1) is 15.2. The van der Waals surface area contributed by atoms with Gasteiger partial charge in [-0.25, -0.2) is 4.79 Å². The molecule has 0 radical (unpaired) electrons. The van der Waals surface area contributed by atoms with Gasteiger partial charge in [-0.3, -0.25) is 0 Å². The zero-order valence-electron chi connectivity index (χ0n) is 12.0. The molecule has 0 aromatic heterocycles. The lowest BCUT2D eigenvalue weighted by Crippen LogP contribution is -2.30. The maximum Gasteiger partial charge on any atom is 0.333 e. The Morgan fingerprint density at radius 3 is 2.83 bits per heavy atom. The molecule has 0 aromatic rings. The molecule has 4 nitrogen and oxygen atoms in total. The number of ether oxygens (including phenoxy) is 1. The molecular formula is C14H26N2O2. The summed E-state index contributed by atoms with van der Waals surface area (Å²) in [4.78, 5) is 13.7. The zero-order chi connectivity index (χ0) is 13.5. The minimum absolute atomic E-state index is 0.247. The molecule has 0 saturated carbocycles. The third-order valence-corrected chi connectivity index (χ3v) is 3.54. The predicted octanol–water partition coefficient (Wildman–Crippen LogP) is 1.43. The van der Waals surface area contributed by atoms with Crippen LogP contribution in [0.2, 0.25) is 0 Å². The van der Waals surface area contributed by atoms with E-state index in [0.29, 0.717) is 11.6 Å². The molecule has 1 aliphatic heterocycles. The SMILES string of the molecule is COC(=O)C(C)=CCNCC1CCN(C(C)C)C1. The average Bonchev–Trinajstić information content (AvgIpc) is 2.82. The summed E-state index contributed by atoms with van der Waals surface area (Å²) < 4.78 is 4.64. The Morgan fingerprint density at radius 2 is 2.28 bits per heavy atom. The molecule has 1 unspecified atom stereocenters. The molecule has 4 heteroatoms. The minimum atomic E-state index is -0.247. The molecule has 0 aromatic carbocycles. The van der Waals surface area contributed by atoms with Crippen LogP contribution in [0.4, 0.5) is 0 Å². The minimum Gasteiger partial charge on any atom is -0.466 e. The fraction of sp³-hybridized carbons (Fsp3) is 0.786. The molecule has 0 bridgehead atoms. The molecule has 1 N–H and O–H groups in total. The normalized spacial score (nSPS) is 21.6. The highest BCUT2D eigenvalue weighted by Crippen LogP contribution is 2.17. The van der Waals surface area contributed by atoms with Gasteiger partial charge in [-0.2, -0.15) is 0 Å². The van der Waals surface area contributed by atoms with E-state index in [0.717, 1.165) is 19.0 Å². The summed E-state index contributed by atoms with van der Waals surface area (Å²) in [6.07, 6.45) is 3.16. The van der Waals surface area contributed by atoms with Gasteiger partial charge in [0.15, 0.2) is 0 Å². The number of carbonyl (C=O) groups is 1. The van der Waals surface area contributed by atoms with Crippen molar-refractivity contribution >= 4 is 5.97 Å². The van der Waals surface area contributed by atoms with Gasteiger partial charge in [0.1, 0.15) is 0 Å². The van der Waals surface area contributed by atoms with Gasteiger partial charge in [-0.1, -0.05) is 6.08 Å². The predicted molar refractivity (Wildman–Crippen MR) is 73.5 cm³/mol. The van der Waals surface area contributed by atoms with E-state index in [2.05, 4.69) is 28.8 Å². The van der Waals surface area contributed by atoms with Gasteiger partial charge in [0.05, 0.1) is 7.11 Å². The van der Waals surface area contributed by atoms with Crippen molar-refractivity contribution in [3.05, 3.63) is 11.6 Å². The van der Waals surface area contributed by atoms with E-state index in [-0.39, 0.29) is 5.97 Å². The summed E-state index contributed by atoms with van der Waals surface area (Å²) in [7, 11) is 1.41. The standard InChI is InChI=1S/C14H26N2O2/c1-11(2)16-8-6-13(10-16)9-15-7-5-12(3)14(17)18-4/h5,11,13,15H,6-10H2,1-4H3. The van der Waals surface area contributed by atoms with Crippen LogP contribution in [0.15, 0.2) is 11.6 Å². The molecule has 1 atom stereocenters. The van der Waals surface area contributed by atoms with Crippen LogP contribution in [-0.2, 0) is 9.53 Å². The number of carbonyl (C=O) groups excluding carboxylic acids is 1. The highest BCUT2D eigenvalue weighted by Gasteiger charge is 2.23. The first-order valence-corrected chi connectivity index (χ1v) is 6.74. The lowest BCUT2D eigenvalue weighted by Gasteiger charge is -2.20. The van der Waals surface area contributed by atoms with Crippen molar-refractivity contribution in [2.45, 2.75) is 33.2 Å². The van der Waals surface area contributed by atoms with Crippen molar-refractivity contribution in [3.63, 3.8) is 0 Å². The molecule has 0 aliphatic carbocycles. The highest BCUT2D eigenvalue weighted by atomic mass is 16.5. The maximum absolute atomic E-state index is 11.2. The molecule has 0 amide bonds. The summed E-state index contributed by atoms with van der Waals surface area (Å²) in [6, 6.07) is 0.650. The first-order valence-electron chi connectivity index (χ1n) is 6.74. The third-order valence-electron chi connectivity index (χ3n) is 3.54. The van der Waals surface area contributed by atoms with E-state index in [4.69, 9.17) is 0 Å². The summed E-state index contributed by atoms with van der Waals surface area (Å²) >= 11 is 0. The van der Waals surface area contributed by atoms with Gasteiger partial charge < -0.3 is 15.0 Å². The fourth-order valence-electron chi connectivity index (χ4n) is 2.26. The van der Waals surface area contributed by atoms with E-state index < -0.39 is 0 Å². The van der Waals surface area contributed by atoms with Crippen LogP contribution in [0.3, 0.4) is 0 Å². The molecule has 0 spiro atoms. The van der Waals surface area contributed by atoms with E-state index >= 15 is 0 Å². The number of likely N-dealkylation sites (tertiary alicyclic amines) is 1. The molecule has 1 saturated heterocycles. The number of hydrogen-bond donors (Lipinski definition) is 1. The Balaban J connectivity index is 2.18. The smallest absolute Gasteiger partial charge is 0.333 e. The van der Waals surface area contributed by atoms with Gasteiger partial charge >= 0.3 is 5.97 Å². The van der Waals surface area contributed by atoms with Crippen molar-refractivity contribution in [1.82, 2.24) is 10.2 Å². The van der Waals surface area contributed by atoms with Crippen molar-refractivity contribution in [3.8, 4) is 0 Å².